The number of benzene rings is 1. The van der Waals surface area contributed by atoms with Crippen LogP contribution in [0.25, 0.3) is 0 Å². The third-order valence-corrected chi connectivity index (χ3v) is 10.1. The van der Waals surface area contributed by atoms with Gasteiger partial charge in [0.15, 0.2) is 11.5 Å². The number of carbonyl (C=O) groups is 2. The van der Waals surface area contributed by atoms with Gasteiger partial charge in [0.1, 0.15) is 18.4 Å². The zero-order valence-corrected chi connectivity index (χ0v) is 24.1. The van der Waals surface area contributed by atoms with E-state index in [9.17, 15) is 30.0 Å². The molecule has 7 atom stereocenters. The number of nitrogens with one attached hydrogen (secondary N) is 1. The molecule has 4 rings (SSSR count). The third kappa shape index (κ3) is 5.50. The van der Waals surface area contributed by atoms with Crippen LogP contribution in [0.1, 0.15) is 79.2 Å². The van der Waals surface area contributed by atoms with Gasteiger partial charge in [0.25, 0.3) is 0 Å². The van der Waals surface area contributed by atoms with Crippen LogP contribution < -0.4 is 5.32 Å². The summed E-state index contributed by atoms with van der Waals surface area (Å²) in [5.74, 6) is -0.720. The molecular weight excluding hydrogens is 500 g/mol. The van der Waals surface area contributed by atoms with E-state index in [-0.39, 0.29) is 46.7 Å². The zero-order chi connectivity index (χ0) is 28.9. The molecule has 3 fully saturated rings. The quantitative estimate of drug-likeness (QED) is 0.190. The van der Waals surface area contributed by atoms with Gasteiger partial charge in [-0.05, 0) is 66.5 Å². The molecule has 1 heterocycles. The number of nitrogens with zero attached hydrogens (tertiary/aromatic N) is 1. The number of carbonyl (C=O) groups excluding carboxylic acids is 2. The summed E-state index contributed by atoms with van der Waals surface area (Å²) in [6.45, 7) is 12.8. The maximum absolute atomic E-state index is 13.8. The van der Waals surface area contributed by atoms with Gasteiger partial charge in [-0.15, -0.1) is 0 Å². The van der Waals surface area contributed by atoms with Crippen LogP contribution in [0.4, 0.5) is 0 Å². The van der Waals surface area contributed by atoms with Crippen molar-refractivity contribution in [3.63, 3.8) is 0 Å². The molecule has 4 unspecified atom stereocenters. The molecule has 2 saturated carbocycles. The number of esters is 1. The van der Waals surface area contributed by atoms with Crippen LogP contribution in [-0.4, -0.2) is 74.3 Å². The number of ether oxygens (including phenoxy) is 1. The van der Waals surface area contributed by atoms with Crippen LogP contribution >= 0.6 is 0 Å². The van der Waals surface area contributed by atoms with Gasteiger partial charge in [0.05, 0.1) is 12.1 Å². The van der Waals surface area contributed by atoms with E-state index in [4.69, 9.17) is 4.74 Å². The minimum Gasteiger partial charge on any atom is -0.504 e. The molecule has 0 spiro atoms. The predicted octanol–water partition coefficient (Wildman–Crippen LogP) is 3.07. The molecule has 1 aromatic rings. The number of phenolic OH excluding ortho intramolecular Hbond substituents is 2. The first-order valence-electron chi connectivity index (χ1n) is 14.2. The van der Waals surface area contributed by atoms with Crippen LogP contribution in [0.3, 0.4) is 0 Å². The van der Waals surface area contributed by atoms with Crippen molar-refractivity contribution in [3.05, 3.63) is 23.8 Å². The van der Waals surface area contributed by atoms with Crippen molar-refractivity contribution in [3.8, 4) is 11.5 Å². The highest BCUT2D eigenvalue weighted by Crippen LogP contribution is 2.66. The third-order valence-electron chi connectivity index (χ3n) is 10.1. The number of amides is 1. The van der Waals surface area contributed by atoms with Gasteiger partial charge in [-0.3, -0.25) is 10.1 Å². The normalized spacial score (nSPS) is 30.3. The van der Waals surface area contributed by atoms with Crippen molar-refractivity contribution in [2.24, 2.45) is 22.2 Å². The highest BCUT2D eigenvalue weighted by Gasteiger charge is 2.63. The summed E-state index contributed by atoms with van der Waals surface area (Å²) in [6, 6.07) is 2.62. The molecule has 0 radical (unpaired) electrons. The summed E-state index contributed by atoms with van der Waals surface area (Å²) in [5, 5.41) is 43.6. The first-order chi connectivity index (χ1) is 18.1. The largest absolute Gasteiger partial charge is 0.504 e. The Bertz CT molecular complexity index is 1080. The molecule has 0 aromatic heterocycles. The van der Waals surface area contributed by atoms with Gasteiger partial charge in [0, 0.05) is 18.4 Å². The fraction of sp³-hybridized carbons (Fsp3) is 0.733. The van der Waals surface area contributed by atoms with Gasteiger partial charge in [-0.2, -0.15) is 0 Å². The summed E-state index contributed by atoms with van der Waals surface area (Å²) in [7, 11) is 0. The van der Waals surface area contributed by atoms with E-state index in [1.807, 2.05) is 20.8 Å². The topological polar surface area (TPSA) is 140 Å². The number of hydrogen-bond donors (Lipinski definition) is 5. The van der Waals surface area contributed by atoms with Crippen molar-refractivity contribution >= 4 is 11.9 Å². The van der Waals surface area contributed by atoms with E-state index >= 15 is 0 Å². The van der Waals surface area contributed by atoms with Crippen LogP contribution in [0.5, 0.6) is 11.5 Å². The highest BCUT2D eigenvalue weighted by atomic mass is 16.5. The fourth-order valence-corrected chi connectivity index (χ4v) is 6.99. The van der Waals surface area contributed by atoms with Crippen molar-refractivity contribution < 1.29 is 34.8 Å². The molecule has 2 aliphatic carbocycles. The first kappa shape index (κ1) is 29.6. The summed E-state index contributed by atoms with van der Waals surface area (Å²) in [4.78, 5) is 28.8. The number of aliphatic hydroxyl groups is 2. The minimum atomic E-state index is -1.45. The van der Waals surface area contributed by atoms with Crippen molar-refractivity contribution in [2.45, 2.75) is 111 Å². The number of fused-ring (bicyclic) bond motifs is 2. The monoisotopic (exact) mass is 546 g/mol. The molecule has 1 saturated heterocycles. The molecule has 1 aliphatic heterocycles. The van der Waals surface area contributed by atoms with E-state index in [1.54, 1.807) is 4.90 Å². The van der Waals surface area contributed by atoms with Gasteiger partial charge >= 0.3 is 5.97 Å². The lowest BCUT2D eigenvalue weighted by atomic mass is 9.70. The lowest BCUT2D eigenvalue weighted by Gasteiger charge is -2.40. The Morgan fingerprint density at radius 3 is 2.38 bits per heavy atom. The zero-order valence-electron chi connectivity index (χ0n) is 24.1. The van der Waals surface area contributed by atoms with Crippen molar-refractivity contribution in [1.29, 1.82) is 0 Å². The standard InChI is InChI=1S/C30H46N2O7/c1-28(2,3)24(31-25(36)22(35)15-17-9-10-20(33)21(34)14-17)26(37)32-13-7-8-19(32)27(38)39-23-16-18-11-12-30(23,6)29(18,4)5/h9-10,14,18-19,22-25,31,33-36H,7-8,11-13,15-16H2,1-6H3/t18?,19-,22+,23?,24+,25?,30?/m0/s1. The fourth-order valence-electron chi connectivity index (χ4n) is 6.99. The Labute approximate surface area is 231 Å². The number of rotatable bonds is 8. The molecule has 1 amide bonds. The maximum atomic E-state index is 13.8. The minimum absolute atomic E-state index is 0.0107. The lowest BCUT2D eigenvalue weighted by Crippen LogP contribution is -2.59. The van der Waals surface area contributed by atoms with E-state index in [0.29, 0.717) is 30.9 Å². The molecule has 218 valence electrons. The Balaban J connectivity index is 1.43. The van der Waals surface area contributed by atoms with Crippen LogP contribution in [0.15, 0.2) is 18.2 Å². The van der Waals surface area contributed by atoms with Gasteiger partial charge in [-0.1, -0.05) is 47.6 Å². The summed E-state index contributed by atoms with van der Waals surface area (Å²) < 4.78 is 6.14. The molecule has 2 bridgehead atoms. The Kier molecular flexibility index (Phi) is 8.02. The Morgan fingerprint density at radius 2 is 1.82 bits per heavy atom. The molecule has 3 aliphatic rings. The van der Waals surface area contributed by atoms with E-state index in [0.717, 1.165) is 19.3 Å². The molecule has 1 aromatic carbocycles. The van der Waals surface area contributed by atoms with Crippen LogP contribution in [0.2, 0.25) is 0 Å². The Morgan fingerprint density at radius 1 is 1.13 bits per heavy atom. The van der Waals surface area contributed by atoms with Gasteiger partial charge < -0.3 is 30.1 Å². The second-order valence-corrected chi connectivity index (χ2v) is 13.7. The summed E-state index contributed by atoms with van der Waals surface area (Å²) in [5.41, 5.74) is -0.0733. The first-order valence-corrected chi connectivity index (χ1v) is 14.2. The molecule has 5 N–H and O–H groups in total. The number of aromatic hydroxyl groups is 2. The average molecular weight is 547 g/mol. The van der Waals surface area contributed by atoms with Crippen molar-refractivity contribution in [1.82, 2.24) is 10.2 Å². The second-order valence-electron chi connectivity index (χ2n) is 13.7. The molecule has 39 heavy (non-hydrogen) atoms. The van der Waals surface area contributed by atoms with Crippen LogP contribution in [-0.2, 0) is 20.7 Å². The number of likely N-dealkylation sites (tertiary alicyclic amines) is 1. The van der Waals surface area contributed by atoms with E-state index < -0.39 is 29.8 Å². The van der Waals surface area contributed by atoms with Gasteiger partial charge in [0.2, 0.25) is 5.91 Å². The van der Waals surface area contributed by atoms with Crippen LogP contribution in [0, 0.1) is 22.2 Å². The second kappa shape index (κ2) is 10.6. The predicted molar refractivity (Wildman–Crippen MR) is 146 cm³/mol. The smallest absolute Gasteiger partial charge is 0.329 e. The summed E-state index contributed by atoms with van der Waals surface area (Å²) in [6.07, 6.45) is 1.40. The van der Waals surface area contributed by atoms with E-state index in [1.165, 1.54) is 18.2 Å². The SMILES string of the molecule is CC(C)(C)[C@H](NC(O)[C@H](O)Cc1ccc(O)c(O)c1)C(=O)N1CCC[C@H]1C(=O)OC1CC2CCC1(C)C2(C)C. The van der Waals surface area contributed by atoms with Gasteiger partial charge in [-0.25, -0.2) is 4.79 Å². The number of hydrogen-bond acceptors (Lipinski definition) is 8. The molecular formula is C30H46N2O7. The lowest BCUT2D eigenvalue weighted by molar-refractivity contribution is -0.166. The molecule has 9 nitrogen and oxygen atoms in total. The van der Waals surface area contributed by atoms with E-state index in [2.05, 4.69) is 26.1 Å². The number of phenols is 2. The summed E-state index contributed by atoms with van der Waals surface area (Å²) >= 11 is 0. The Hall–Kier alpha value is -2.36. The van der Waals surface area contributed by atoms with Crippen molar-refractivity contribution in [2.75, 3.05) is 6.54 Å². The molecule has 9 heteroatoms. The highest BCUT2D eigenvalue weighted by molar-refractivity contribution is 5.88. The average Bonchev–Trinajstić information content (AvgIpc) is 3.47. The maximum Gasteiger partial charge on any atom is 0.329 e. The number of aliphatic hydroxyl groups excluding tert-OH is 2.